The van der Waals surface area contributed by atoms with E-state index in [-0.39, 0.29) is 17.2 Å². The van der Waals surface area contributed by atoms with Gasteiger partial charge in [-0.25, -0.2) is 0 Å². The summed E-state index contributed by atoms with van der Waals surface area (Å²) in [6.07, 6.45) is 6.64. The zero-order chi connectivity index (χ0) is 14.8. The lowest BCUT2D eigenvalue weighted by atomic mass is 9.81. The van der Waals surface area contributed by atoms with Crippen LogP contribution in [0.4, 0.5) is 0 Å². The van der Waals surface area contributed by atoms with E-state index >= 15 is 0 Å². The van der Waals surface area contributed by atoms with Gasteiger partial charge >= 0.3 is 0 Å². The fourth-order valence-electron chi connectivity index (χ4n) is 3.89. The Morgan fingerprint density at radius 3 is 2.30 bits per heavy atom. The standard InChI is InChI=1S/C15H27N3O2/c1-3-14(4-2)9-10-18(11-14)13(19)15(12(16)17-20)7-5-6-8-15/h20H,3-11H2,1-2H3,(H2,16,17). The van der Waals surface area contributed by atoms with Crippen LogP contribution < -0.4 is 5.73 Å². The summed E-state index contributed by atoms with van der Waals surface area (Å²) in [6.45, 7) is 6.03. The number of oxime groups is 1. The van der Waals surface area contributed by atoms with Crippen molar-refractivity contribution in [3.05, 3.63) is 0 Å². The van der Waals surface area contributed by atoms with Gasteiger partial charge in [0.05, 0.1) is 0 Å². The largest absolute Gasteiger partial charge is 0.409 e. The number of carbonyl (C=O) groups excluding carboxylic acids is 1. The highest BCUT2D eigenvalue weighted by molar-refractivity contribution is 6.07. The highest BCUT2D eigenvalue weighted by Crippen LogP contribution is 2.44. The molecule has 0 aromatic heterocycles. The van der Waals surface area contributed by atoms with E-state index in [1.54, 1.807) is 0 Å². The van der Waals surface area contributed by atoms with Crippen molar-refractivity contribution in [1.82, 2.24) is 4.90 Å². The van der Waals surface area contributed by atoms with Crippen LogP contribution in [-0.2, 0) is 4.79 Å². The van der Waals surface area contributed by atoms with Gasteiger partial charge in [0.1, 0.15) is 5.41 Å². The molecule has 2 rings (SSSR count). The molecule has 5 heteroatoms. The van der Waals surface area contributed by atoms with Crippen LogP contribution in [0.5, 0.6) is 0 Å². The van der Waals surface area contributed by atoms with Crippen LogP contribution in [0, 0.1) is 10.8 Å². The Balaban J connectivity index is 2.19. The molecule has 1 heterocycles. The first-order valence-corrected chi connectivity index (χ1v) is 7.81. The van der Waals surface area contributed by atoms with Crippen LogP contribution in [0.25, 0.3) is 0 Å². The van der Waals surface area contributed by atoms with E-state index in [1.165, 1.54) is 0 Å². The van der Waals surface area contributed by atoms with Crippen molar-refractivity contribution in [1.29, 1.82) is 0 Å². The predicted octanol–water partition coefficient (Wildman–Crippen LogP) is 2.33. The molecule has 5 nitrogen and oxygen atoms in total. The summed E-state index contributed by atoms with van der Waals surface area (Å²) in [5, 5.41) is 12.2. The van der Waals surface area contributed by atoms with Gasteiger partial charge in [0.25, 0.3) is 0 Å². The fourth-order valence-corrected chi connectivity index (χ4v) is 3.89. The van der Waals surface area contributed by atoms with Crippen LogP contribution in [0.3, 0.4) is 0 Å². The molecular formula is C15H27N3O2. The van der Waals surface area contributed by atoms with Crippen LogP contribution in [-0.4, -0.2) is 34.9 Å². The van der Waals surface area contributed by atoms with E-state index in [1.807, 2.05) is 4.90 Å². The lowest BCUT2D eigenvalue weighted by molar-refractivity contribution is -0.137. The Morgan fingerprint density at radius 2 is 1.85 bits per heavy atom. The fraction of sp³-hybridized carbons (Fsp3) is 0.867. The molecule has 1 saturated heterocycles. The molecule has 2 fully saturated rings. The van der Waals surface area contributed by atoms with Crippen molar-refractivity contribution >= 4 is 11.7 Å². The van der Waals surface area contributed by atoms with Crippen molar-refractivity contribution in [2.24, 2.45) is 21.7 Å². The van der Waals surface area contributed by atoms with E-state index in [0.29, 0.717) is 12.8 Å². The van der Waals surface area contributed by atoms with Crippen LogP contribution >= 0.6 is 0 Å². The maximum absolute atomic E-state index is 12.9. The van der Waals surface area contributed by atoms with Gasteiger partial charge in [-0.05, 0) is 37.5 Å². The zero-order valence-corrected chi connectivity index (χ0v) is 12.7. The second-order valence-corrected chi connectivity index (χ2v) is 6.46. The monoisotopic (exact) mass is 281 g/mol. The number of hydrogen-bond acceptors (Lipinski definition) is 3. The van der Waals surface area contributed by atoms with Gasteiger partial charge < -0.3 is 15.8 Å². The third-order valence-electron chi connectivity index (χ3n) is 5.69. The van der Waals surface area contributed by atoms with E-state index < -0.39 is 5.41 Å². The maximum atomic E-state index is 12.9. The number of hydrogen-bond donors (Lipinski definition) is 2. The topological polar surface area (TPSA) is 78.9 Å². The Morgan fingerprint density at radius 1 is 1.25 bits per heavy atom. The Bertz CT molecular complexity index is 396. The molecule has 1 amide bonds. The molecule has 1 aliphatic heterocycles. The zero-order valence-electron chi connectivity index (χ0n) is 12.7. The smallest absolute Gasteiger partial charge is 0.236 e. The molecule has 0 unspecified atom stereocenters. The lowest BCUT2D eigenvalue weighted by Crippen LogP contribution is -2.49. The molecule has 0 spiro atoms. The number of nitrogens with zero attached hydrogens (tertiary/aromatic N) is 2. The number of nitrogens with two attached hydrogens (primary N) is 1. The number of likely N-dealkylation sites (tertiary alicyclic amines) is 1. The molecule has 0 atom stereocenters. The second kappa shape index (κ2) is 5.62. The van der Waals surface area contributed by atoms with Gasteiger partial charge in [0.2, 0.25) is 5.91 Å². The summed E-state index contributed by atoms with van der Waals surface area (Å²) >= 11 is 0. The van der Waals surface area contributed by atoms with Gasteiger partial charge in [-0.2, -0.15) is 0 Å². The van der Waals surface area contributed by atoms with Crippen LogP contribution in [0.2, 0.25) is 0 Å². The second-order valence-electron chi connectivity index (χ2n) is 6.46. The molecule has 0 aromatic rings. The average molecular weight is 281 g/mol. The van der Waals surface area contributed by atoms with Crippen molar-refractivity contribution in [2.45, 2.75) is 58.8 Å². The van der Waals surface area contributed by atoms with Crippen molar-refractivity contribution in [3.63, 3.8) is 0 Å². The van der Waals surface area contributed by atoms with Crippen molar-refractivity contribution in [2.75, 3.05) is 13.1 Å². The van der Waals surface area contributed by atoms with E-state index in [4.69, 9.17) is 10.9 Å². The molecular weight excluding hydrogens is 254 g/mol. The van der Waals surface area contributed by atoms with Crippen LogP contribution in [0.1, 0.15) is 58.8 Å². The first kappa shape index (κ1) is 15.1. The first-order valence-electron chi connectivity index (χ1n) is 7.81. The average Bonchev–Trinajstić information content (AvgIpc) is 3.14. The van der Waals surface area contributed by atoms with Crippen molar-refractivity contribution < 1.29 is 10.0 Å². The molecule has 0 radical (unpaired) electrons. The highest BCUT2D eigenvalue weighted by atomic mass is 16.4. The summed E-state index contributed by atoms with van der Waals surface area (Å²) in [4.78, 5) is 14.9. The van der Waals surface area contributed by atoms with Crippen molar-refractivity contribution in [3.8, 4) is 0 Å². The Labute approximate surface area is 121 Å². The lowest BCUT2D eigenvalue weighted by Gasteiger charge is -2.33. The number of amidine groups is 1. The SMILES string of the molecule is CCC1(CC)CCN(C(=O)C2(C(N)=NO)CCCC2)C1. The summed E-state index contributed by atoms with van der Waals surface area (Å²) in [5.74, 6) is 0.180. The molecule has 3 N–H and O–H groups in total. The Hall–Kier alpha value is -1.26. The predicted molar refractivity (Wildman–Crippen MR) is 78.5 cm³/mol. The molecule has 0 aromatic carbocycles. The maximum Gasteiger partial charge on any atom is 0.236 e. The normalized spacial score (nSPS) is 25.1. The molecule has 1 saturated carbocycles. The van der Waals surface area contributed by atoms with E-state index in [9.17, 15) is 4.79 Å². The van der Waals surface area contributed by atoms with Gasteiger partial charge in [-0.15, -0.1) is 0 Å². The summed E-state index contributed by atoms with van der Waals surface area (Å²) < 4.78 is 0. The number of carbonyl (C=O) groups is 1. The summed E-state index contributed by atoms with van der Waals surface area (Å²) in [5.41, 5.74) is 5.39. The minimum Gasteiger partial charge on any atom is -0.409 e. The van der Waals surface area contributed by atoms with Gasteiger partial charge in [-0.3, -0.25) is 4.79 Å². The molecule has 0 bridgehead atoms. The van der Waals surface area contributed by atoms with Gasteiger partial charge in [0.15, 0.2) is 5.84 Å². The number of amides is 1. The van der Waals surface area contributed by atoms with E-state index in [0.717, 1.165) is 45.2 Å². The summed E-state index contributed by atoms with van der Waals surface area (Å²) in [7, 11) is 0. The number of rotatable bonds is 4. The summed E-state index contributed by atoms with van der Waals surface area (Å²) in [6, 6.07) is 0. The minimum atomic E-state index is -0.744. The third-order valence-corrected chi connectivity index (χ3v) is 5.69. The molecule has 114 valence electrons. The quantitative estimate of drug-likeness (QED) is 0.359. The minimum absolute atomic E-state index is 0.0778. The van der Waals surface area contributed by atoms with Gasteiger partial charge in [0, 0.05) is 13.1 Å². The molecule has 20 heavy (non-hydrogen) atoms. The third kappa shape index (κ3) is 2.27. The molecule has 1 aliphatic carbocycles. The highest BCUT2D eigenvalue weighted by Gasteiger charge is 2.50. The first-order chi connectivity index (χ1) is 9.53. The van der Waals surface area contributed by atoms with Gasteiger partial charge in [-0.1, -0.05) is 31.8 Å². The molecule has 2 aliphatic rings. The van der Waals surface area contributed by atoms with E-state index in [2.05, 4.69) is 19.0 Å². The van der Waals surface area contributed by atoms with Crippen LogP contribution in [0.15, 0.2) is 5.16 Å². The Kier molecular flexibility index (Phi) is 4.25.